The predicted molar refractivity (Wildman–Crippen MR) is 96.2 cm³/mol. The minimum absolute atomic E-state index is 0.103. The Morgan fingerprint density at radius 1 is 1.08 bits per heavy atom. The molecule has 0 aliphatic carbocycles. The number of amides is 1. The van der Waals surface area contributed by atoms with E-state index in [-0.39, 0.29) is 12.3 Å². The van der Waals surface area contributed by atoms with Crippen molar-refractivity contribution in [2.45, 2.75) is 25.8 Å². The molecule has 0 saturated heterocycles. The number of nitrogens with one attached hydrogen (secondary N) is 2. The summed E-state index contributed by atoms with van der Waals surface area (Å²) in [5.74, 6) is -0.767. The predicted octanol–water partition coefficient (Wildman–Crippen LogP) is 3.01. The van der Waals surface area contributed by atoms with Crippen molar-refractivity contribution in [3.63, 3.8) is 0 Å². The van der Waals surface area contributed by atoms with Crippen molar-refractivity contribution in [3.8, 4) is 0 Å². The van der Waals surface area contributed by atoms with Crippen LogP contribution in [0.25, 0.3) is 0 Å². The first kappa shape index (κ1) is 19.1. The van der Waals surface area contributed by atoms with Gasteiger partial charge in [0.05, 0.1) is 12.3 Å². The van der Waals surface area contributed by atoms with Gasteiger partial charge in [0.25, 0.3) is 0 Å². The highest BCUT2D eigenvalue weighted by atomic mass is 32.2. The van der Waals surface area contributed by atoms with Crippen LogP contribution in [-0.4, -0.2) is 20.6 Å². The average Bonchev–Trinajstić information content (AvgIpc) is 2.54. The lowest BCUT2D eigenvalue weighted by Gasteiger charge is -2.18. The smallest absolute Gasteiger partial charge is 0.226 e. The molecule has 1 atom stereocenters. The average molecular weight is 364 g/mol. The number of rotatable bonds is 7. The molecule has 2 aromatic carbocycles. The SMILES string of the molecule is CCc1ccc(NC(=O)CC(NS(C)(=O)=O)c2ccc(F)cc2)cc1. The topological polar surface area (TPSA) is 75.3 Å². The summed E-state index contributed by atoms with van der Waals surface area (Å²) in [5.41, 5.74) is 2.31. The summed E-state index contributed by atoms with van der Waals surface area (Å²) in [6.45, 7) is 2.04. The molecule has 0 fully saturated rings. The van der Waals surface area contributed by atoms with E-state index in [9.17, 15) is 17.6 Å². The largest absolute Gasteiger partial charge is 0.326 e. The van der Waals surface area contributed by atoms with Gasteiger partial charge in [-0.1, -0.05) is 31.2 Å². The summed E-state index contributed by atoms with van der Waals surface area (Å²) in [6, 6.07) is 12.0. The van der Waals surface area contributed by atoms with Crippen LogP contribution in [0.2, 0.25) is 0 Å². The van der Waals surface area contributed by atoms with Crippen molar-refractivity contribution in [3.05, 3.63) is 65.5 Å². The highest BCUT2D eigenvalue weighted by Gasteiger charge is 2.20. The van der Waals surface area contributed by atoms with Crippen LogP contribution in [0.5, 0.6) is 0 Å². The molecule has 7 heteroatoms. The zero-order valence-corrected chi connectivity index (χ0v) is 14.9. The molecule has 0 aromatic heterocycles. The molecule has 0 spiro atoms. The Bertz CT molecular complexity index is 818. The van der Waals surface area contributed by atoms with Crippen molar-refractivity contribution in [2.75, 3.05) is 11.6 Å². The van der Waals surface area contributed by atoms with Gasteiger partial charge in [-0.15, -0.1) is 0 Å². The Hall–Kier alpha value is -2.25. The van der Waals surface area contributed by atoms with Gasteiger partial charge in [0.15, 0.2) is 0 Å². The molecule has 5 nitrogen and oxygen atoms in total. The van der Waals surface area contributed by atoms with Gasteiger partial charge >= 0.3 is 0 Å². The lowest BCUT2D eigenvalue weighted by molar-refractivity contribution is -0.116. The van der Waals surface area contributed by atoms with Gasteiger partial charge in [0.2, 0.25) is 15.9 Å². The van der Waals surface area contributed by atoms with Gasteiger partial charge in [-0.2, -0.15) is 0 Å². The Morgan fingerprint density at radius 2 is 1.68 bits per heavy atom. The van der Waals surface area contributed by atoms with E-state index < -0.39 is 21.9 Å². The Balaban J connectivity index is 2.11. The second kappa shape index (κ2) is 8.22. The summed E-state index contributed by atoms with van der Waals surface area (Å²) in [4.78, 5) is 12.3. The highest BCUT2D eigenvalue weighted by Crippen LogP contribution is 2.20. The number of anilines is 1. The van der Waals surface area contributed by atoms with Crippen LogP contribution in [0.4, 0.5) is 10.1 Å². The molecule has 1 amide bonds. The lowest BCUT2D eigenvalue weighted by atomic mass is 10.0. The summed E-state index contributed by atoms with van der Waals surface area (Å²) in [6.07, 6.45) is 1.82. The standard InChI is InChI=1S/C18H21FN2O3S/c1-3-13-4-10-16(11-5-13)20-18(22)12-17(21-25(2,23)24)14-6-8-15(19)9-7-14/h4-11,17,21H,3,12H2,1-2H3,(H,20,22). The van der Waals surface area contributed by atoms with Gasteiger partial charge in [-0.25, -0.2) is 17.5 Å². The first-order chi connectivity index (χ1) is 11.8. The molecule has 2 N–H and O–H groups in total. The van der Waals surface area contributed by atoms with Crippen LogP contribution >= 0.6 is 0 Å². The van der Waals surface area contributed by atoms with E-state index in [2.05, 4.69) is 10.0 Å². The maximum absolute atomic E-state index is 13.1. The number of hydrogen-bond donors (Lipinski definition) is 2. The van der Waals surface area contributed by atoms with Crippen molar-refractivity contribution >= 4 is 21.6 Å². The van der Waals surface area contributed by atoms with Crippen molar-refractivity contribution in [1.29, 1.82) is 0 Å². The molecule has 0 saturated carbocycles. The lowest BCUT2D eigenvalue weighted by Crippen LogP contribution is -2.30. The van der Waals surface area contributed by atoms with E-state index in [1.165, 1.54) is 24.3 Å². The summed E-state index contributed by atoms with van der Waals surface area (Å²) < 4.78 is 38.6. The normalized spacial score (nSPS) is 12.6. The summed E-state index contributed by atoms with van der Waals surface area (Å²) in [7, 11) is -3.53. The number of benzene rings is 2. The van der Waals surface area contributed by atoms with Gasteiger partial charge in [0, 0.05) is 12.1 Å². The van der Waals surface area contributed by atoms with Gasteiger partial charge in [0.1, 0.15) is 5.82 Å². The van der Waals surface area contributed by atoms with E-state index in [0.717, 1.165) is 18.2 Å². The Morgan fingerprint density at radius 3 is 2.20 bits per heavy atom. The zero-order chi connectivity index (χ0) is 18.4. The second-order valence-corrected chi connectivity index (χ2v) is 7.58. The first-order valence-corrected chi connectivity index (χ1v) is 9.77. The van der Waals surface area contributed by atoms with Gasteiger partial charge in [-0.3, -0.25) is 4.79 Å². The van der Waals surface area contributed by atoms with Crippen LogP contribution in [0.1, 0.15) is 30.5 Å². The van der Waals surface area contributed by atoms with Crippen LogP contribution in [0.15, 0.2) is 48.5 Å². The molecular formula is C18H21FN2O3S. The molecule has 2 rings (SSSR count). The molecule has 2 aromatic rings. The number of carbonyl (C=O) groups is 1. The monoisotopic (exact) mass is 364 g/mol. The van der Waals surface area contributed by atoms with E-state index in [1.54, 1.807) is 12.1 Å². The van der Waals surface area contributed by atoms with Crippen molar-refractivity contribution in [1.82, 2.24) is 4.72 Å². The van der Waals surface area contributed by atoms with E-state index in [4.69, 9.17) is 0 Å². The zero-order valence-electron chi connectivity index (χ0n) is 14.1. The minimum Gasteiger partial charge on any atom is -0.326 e. The Kier molecular flexibility index (Phi) is 6.27. The fourth-order valence-corrected chi connectivity index (χ4v) is 3.14. The number of hydrogen-bond acceptors (Lipinski definition) is 3. The molecule has 134 valence electrons. The fourth-order valence-electron chi connectivity index (χ4n) is 2.40. The van der Waals surface area contributed by atoms with Crippen molar-refractivity contribution < 1.29 is 17.6 Å². The molecule has 0 aliphatic heterocycles. The number of aryl methyl sites for hydroxylation is 1. The maximum atomic E-state index is 13.1. The molecular weight excluding hydrogens is 343 g/mol. The molecule has 25 heavy (non-hydrogen) atoms. The fraction of sp³-hybridized carbons (Fsp3) is 0.278. The third-order valence-corrected chi connectivity index (χ3v) is 4.38. The molecule has 0 bridgehead atoms. The number of carbonyl (C=O) groups excluding carboxylic acids is 1. The quantitative estimate of drug-likeness (QED) is 0.793. The maximum Gasteiger partial charge on any atom is 0.226 e. The third-order valence-electron chi connectivity index (χ3n) is 3.66. The van der Waals surface area contributed by atoms with E-state index in [1.807, 2.05) is 19.1 Å². The first-order valence-electron chi connectivity index (χ1n) is 7.88. The van der Waals surface area contributed by atoms with Gasteiger partial charge in [-0.05, 0) is 41.8 Å². The highest BCUT2D eigenvalue weighted by molar-refractivity contribution is 7.88. The van der Waals surface area contributed by atoms with Crippen LogP contribution in [0.3, 0.4) is 0 Å². The molecule has 1 unspecified atom stereocenters. The van der Waals surface area contributed by atoms with Crippen molar-refractivity contribution in [2.24, 2.45) is 0 Å². The van der Waals surface area contributed by atoms with E-state index >= 15 is 0 Å². The molecule has 0 aliphatic rings. The van der Waals surface area contributed by atoms with Crippen LogP contribution in [-0.2, 0) is 21.2 Å². The van der Waals surface area contributed by atoms with E-state index in [0.29, 0.717) is 11.3 Å². The molecule has 0 radical (unpaired) electrons. The minimum atomic E-state index is -3.53. The number of halogens is 1. The summed E-state index contributed by atoms with van der Waals surface area (Å²) in [5, 5.41) is 2.74. The van der Waals surface area contributed by atoms with Crippen LogP contribution < -0.4 is 10.0 Å². The summed E-state index contributed by atoms with van der Waals surface area (Å²) >= 11 is 0. The third kappa shape index (κ3) is 6.28. The Labute approximate surface area is 147 Å². The van der Waals surface area contributed by atoms with Crippen LogP contribution in [0, 0.1) is 5.82 Å². The number of sulfonamides is 1. The molecule has 0 heterocycles. The van der Waals surface area contributed by atoms with Gasteiger partial charge < -0.3 is 5.32 Å². The second-order valence-electron chi connectivity index (χ2n) is 5.80.